The zero-order valence-electron chi connectivity index (χ0n) is 11.7. The summed E-state index contributed by atoms with van der Waals surface area (Å²) >= 11 is 3.41. The summed E-state index contributed by atoms with van der Waals surface area (Å²) in [7, 11) is 1.85. The van der Waals surface area contributed by atoms with E-state index in [1.54, 1.807) is 4.90 Å². The van der Waals surface area contributed by atoms with Gasteiger partial charge in [-0.1, -0.05) is 58.4 Å². The molecule has 1 atom stereocenters. The lowest BCUT2D eigenvalue weighted by Crippen LogP contribution is -2.30. The monoisotopic (exact) mass is 331 g/mol. The Hall–Kier alpha value is -1.61. The average Bonchev–Trinajstić information content (AvgIpc) is 2.49. The summed E-state index contributed by atoms with van der Waals surface area (Å²) in [6.07, 6.45) is 0. The molecule has 104 valence electrons. The number of amides is 1. The van der Waals surface area contributed by atoms with Crippen LogP contribution in [0.15, 0.2) is 59.1 Å². The van der Waals surface area contributed by atoms with E-state index in [1.165, 1.54) is 0 Å². The molecule has 0 saturated heterocycles. The number of nitrogens with zero attached hydrogens (tertiary/aromatic N) is 1. The van der Waals surface area contributed by atoms with Crippen molar-refractivity contribution in [1.82, 2.24) is 4.90 Å². The molecule has 0 fully saturated rings. The molecule has 0 saturated carbocycles. The predicted molar refractivity (Wildman–Crippen MR) is 85.5 cm³/mol. The molecule has 2 nitrogen and oxygen atoms in total. The van der Waals surface area contributed by atoms with Crippen molar-refractivity contribution in [1.29, 1.82) is 0 Å². The van der Waals surface area contributed by atoms with Crippen LogP contribution < -0.4 is 0 Å². The van der Waals surface area contributed by atoms with Gasteiger partial charge in [-0.15, -0.1) is 0 Å². The lowest BCUT2D eigenvalue weighted by atomic mass is 10.00. The van der Waals surface area contributed by atoms with Gasteiger partial charge in [-0.3, -0.25) is 4.79 Å². The van der Waals surface area contributed by atoms with Crippen LogP contribution in [0.4, 0.5) is 0 Å². The van der Waals surface area contributed by atoms with Crippen molar-refractivity contribution in [3.63, 3.8) is 0 Å². The van der Waals surface area contributed by atoms with Crippen molar-refractivity contribution in [3.8, 4) is 0 Å². The molecule has 2 rings (SSSR count). The Bertz CT molecular complexity index is 565. The highest BCUT2D eigenvalue weighted by Gasteiger charge is 2.18. The molecule has 0 aromatic heterocycles. The summed E-state index contributed by atoms with van der Waals surface area (Å²) in [6, 6.07) is 17.9. The molecule has 0 bridgehead atoms. The first-order valence-corrected chi connectivity index (χ1v) is 7.41. The number of carbonyl (C=O) groups excluding carboxylic acids is 1. The first-order valence-electron chi connectivity index (χ1n) is 6.62. The van der Waals surface area contributed by atoms with Crippen LogP contribution in [0.5, 0.6) is 0 Å². The number of hydrogen-bond donors (Lipinski definition) is 0. The number of rotatable bonds is 4. The Morgan fingerprint density at radius 2 is 1.70 bits per heavy atom. The van der Waals surface area contributed by atoms with Crippen LogP contribution in [0.2, 0.25) is 0 Å². The molecule has 0 aliphatic carbocycles. The number of hydrogen-bond acceptors (Lipinski definition) is 1. The standard InChI is InChI=1S/C17H18BrNO/c1-13(15-6-4-3-5-7-15)17(20)19(2)12-14-8-10-16(18)11-9-14/h3-11,13H,12H2,1-2H3. The van der Waals surface area contributed by atoms with Crippen molar-refractivity contribution in [2.45, 2.75) is 19.4 Å². The fourth-order valence-electron chi connectivity index (χ4n) is 2.16. The van der Waals surface area contributed by atoms with Gasteiger partial charge < -0.3 is 4.90 Å². The number of likely N-dealkylation sites (N-methyl/N-ethyl adjacent to an activating group) is 1. The first kappa shape index (κ1) is 14.8. The Morgan fingerprint density at radius 1 is 1.10 bits per heavy atom. The maximum atomic E-state index is 12.4. The van der Waals surface area contributed by atoms with Gasteiger partial charge in [-0.25, -0.2) is 0 Å². The molecule has 0 radical (unpaired) electrons. The molecular formula is C17H18BrNO. The highest BCUT2D eigenvalue weighted by molar-refractivity contribution is 9.10. The SMILES string of the molecule is CC(C(=O)N(C)Cc1ccc(Br)cc1)c1ccccc1. The molecule has 2 aromatic carbocycles. The minimum absolute atomic E-state index is 0.114. The van der Waals surface area contributed by atoms with Crippen molar-refractivity contribution in [2.75, 3.05) is 7.05 Å². The Balaban J connectivity index is 2.03. The fourth-order valence-corrected chi connectivity index (χ4v) is 2.42. The van der Waals surface area contributed by atoms with Crippen LogP contribution in [0.3, 0.4) is 0 Å². The number of halogens is 1. The lowest BCUT2D eigenvalue weighted by Gasteiger charge is -2.22. The van der Waals surface area contributed by atoms with Crippen LogP contribution in [-0.2, 0) is 11.3 Å². The second-order valence-corrected chi connectivity index (χ2v) is 5.87. The minimum Gasteiger partial charge on any atom is -0.341 e. The van der Waals surface area contributed by atoms with E-state index in [0.717, 1.165) is 15.6 Å². The summed E-state index contributed by atoms with van der Waals surface area (Å²) in [5.41, 5.74) is 2.18. The van der Waals surface area contributed by atoms with E-state index in [-0.39, 0.29) is 11.8 Å². The quantitative estimate of drug-likeness (QED) is 0.821. The molecule has 0 N–H and O–H groups in total. The van der Waals surface area contributed by atoms with Crippen molar-refractivity contribution < 1.29 is 4.79 Å². The van der Waals surface area contributed by atoms with Crippen LogP contribution >= 0.6 is 15.9 Å². The van der Waals surface area contributed by atoms with E-state index < -0.39 is 0 Å². The lowest BCUT2D eigenvalue weighted by molar-refractivity contribution is -0.131. The molecule has 20 heavy (non-hydrogen) atoms. The smallest absolute Gasteiger partial charge is 0.229 e. The van der Waals surface area contributed by atoms with Gasteiger partial charge in [0.15, 0.2) is 0 Å². The third-order valence-electron chi connectivity index (χ3n) is 3.38. The summed E-state index contributed by atoms with van der Waals surface area (Å²) in [5.74, 6) is 0.0239. The Kier molecular flexibility index (Phi) is 4.96. The van der Waals surface area contributed by atoms with Crippen LogP contribution in [0, 0.1) is 0 Å². The largest absolute Gasteiger partial charge is 0.341 e. The molecule has 1 unspecified atom stereocenters. The average molecular weight is 332 g/mol. The molecular weight excluding hydrogens is 314 g/mol. The summed E-state index contributed by atoms with van der Waals surface area (Å²) in [5, 5.41) is 0. The van der Waals surface area contributed by atoms with Crippen molar-refractivity contribution in [3.05, 3.63) is 70.2 Å². The Morgan fingerprint density at radius 3 is 2.30 bits per heavy atom. The molecule has 0 aliphatic heterocycles. The second kappa shape index (κ2) is 6.71. The van der Waals surface area contributed by atoms with Crippen LogP contribution in [0.1, 0.15) is 24.0 Å². The highest BCUT2D eigenvalue weighted by atomic mass is 79.9. The molecule has 3 heteroatoms. The van der Waals surface area contributed by atoms with Gasteiger partial charge in [0.25, 0.3) is 0 Å². The third kappa shape index (κ3) is 3.70. The molecule has 1 amide bonds. The van der Waals surface area contributed by atoms with E-state index >= 15 is 0 Å². The summed E-state index contributed by atoms with van der Waals surface area (Å²) in [4.78, 5) is 14.2. The summed E-state index contributed by atoms with van der Waals surface area (Å²) < 4.78 is 1.05. The maximum Gasteiger partial charge on any atom is 0.229 e. The van der Waals surface area contributed by atoms with Gasteiger partial charge in [0.05, 0.1) is 5.92 Å². The van der Waals surface area contributed by atoms with Crippen molar-refractivity contribution >= 4 is 21.8 Å². The molecule has 2 aromatic rings. The molecule has 0 spiro atoms. The maximum absolute atomic E-state index is 12.4. The van der Waals surface area contributed by atoms with E-state index in [9.17, 15) is 4.79 Å². The molecule has 0 aliphatic rings. The van der Waals surface area contributed by atoms with Gasteiger partial charge in [-0.05, 0) is 30.2 Å². The predicted octanol–water partition coefficient (Wildman–Crippen LogP) is 4.21. The van der Waals surface area contributed by atoms with Crippen LogP contribution in [0.25, 0.3) is 0 Å². The van der Waals surface area contributed by atoms with E-state index in [2.05, 4.69) is 15.9 Å². The fraction of sp³-hybridized carbons (Fsp3) is 0.235. The normalized spacial score (nSPS) is 11.9. The van der Waals surface area contributed by atoms with E-state index in [1.807, 2.05) is 68.6 Å². The van der Waals surface area contributed by atoms with Crippen molar-refractivity contribution in [2.24, 2.45) is 0 Å². The number of carbonyl (C=O) groups is 1. The second-order valence-electron chi connectivity index (χ2n) is 4.95. The summed E-state index contributed by atoms with van der Waals surface area (Å²) in [6.45, 7) is 2.58. The van der Waals surface area contributed by atoms with Gasteiger partial charge in [0.1, 0.15) is 0 Å². The van der Waals surface area contributed by atoms with Gasteiger partial charge in [0.2, 0.25) is 5.91 Å². The van der Waals surface area contributed by atoms with Gasteiger partial charge in [-0.2, -0.15) is 0 Å². The van der Waals surface area contributed by atoms with Gasteiger partial charge >= 0.3 is 0 Å². The zero-order valence-corrected chi connectivity index (χ0v) is 13.3. The van der Waals surface area contributed by atoms with E-state index in [4.69, 9.17) is 0 Å². The minimum atomic E-state index is -0.114. The van der Waals surface area contributed by atoms with Gasteiger partial charge in [0, 0.05) is 18.1 Å². The molecule has 0 heterocycles. The van der Waals surface area contributed by atoms with Crippen LogP contribution in [-0.4, -0.2) is 17.9 Å². The highest BCUT2D eigenvalue weighted by Crippen LogP contribution is 2.18. The first-order chi connectivity index (χ1) is 9.58. The zero-order chi connectivity index (χ0) is 14.5. The number of benzene rings is 2. The third-order valence-corrected chi connectivity index (χ3v) is 3.91. The van der Waals surface area contributed by atoms with E-state index in [0.29, 0.717) is 6.54 Å². The topological polar surface area (TPSA) is 20.3 Å². The Labute approximate surface area is 128 Å².